The first-order chi connectivity index (χ1) is 30.5. The van der Waals surface area contributed by atoms with E-state index in [0.717, 1.165) is 64.2 Å². The van der Waals surface area contributed by atoms with Crippen molar-refractivity contribution in [1.82, 2.24) is 5.32 Å². The number of phosphoric ester groups is 1. The molecule has 0 saturated heterocycles. The molecular weight excluding hydrogens is 804 g/mol. The predicted octanol–water partition coefficient (Wildman–Crippen LogP) is 15.4. The normalized spacial score (nSPS) is 14.2. The van der Waals surface area contributed by atoms with Crippen LogP contribution in [0.15, 0.2) is 24.3 Å². The van der Waals surface area contributed by atoms with Crippen LogP contribution in [0.1, 0.15) is 264 Å². The highest BCUT2D eigenvalue weighted by molar-refractivity contribution is 7.45. The van der Waals surface area contributed by atoms with Gasteiger partial charge in [0.15, 0.2) is 0 Å². The quantitative estimate of drug-likeness (QED) is 0.0272. The van der Waals surface area contributed by atoms with Crippen molar-refractivity contribution in [3.63, 3.8) is 0 Å². The average Bonchev–Trinajstić information content (AvgIpc) is 3.24. The minimum atomic E-state index is -4.57. The van der Waals surface area contributed by atoms with E-state index in [1.54, 1.807) is 0 Å². The highest BCUT2D eigenvalue weighted by Gasteiger charge is 2.24. The molecule has 0 heterocycles. The molecule has 0 aliphatic rings. The molecule has 0 saturated carbocycles. The molecule has 3 unspecified atom stereocenters. The van der Waals surface area contributed by atoms with E-state index >= 15 is 0 Å². The van der Waals surface area contributed by atoms with E-state index < -0.39 is 20.0 Å². The van der Waals surface area contributed by atoms with Crippen LogP contribution in [0.5, 0.6) is 0 Å². The molecule has 0 bridgehead atoms. The molecule has 0 aliphatic carbocycles. The Bertz CT molecular complexity index is 1080. The number of unbranched alkanes of at least 4 members (excludes halogenated alkanes) is 33. The molecule has 8 nitrogen and oxygen atoms in total. The number of carbonyl (C=O) groups is 1. The van der Waals surface area contributed by atoms with E-state index in [1.807, 2.05) is 21.1 Å². The number of nitrogens with zero attached hydrogens (tertiary/aromatic N) is 1. The second kappa shape index (κ2) is 46.1. The van der Waals surface area contributed by atoms with Gasteiger partial charge in [-0.25, -0.2) is 0 Å². The molecule has 63 heavy (non-hydrogen) atoms. The van der Waals surface area contributed by atoms with Crippen molar-refractivity contribution in [2.75, 3.05) is 40.9 Å². The van der Waals surface area contributed by atoms with E-state index in [2.05, 4.69) is 43.5 Å². The molecule has 0 rings (SSSR count). The lowest BCUT2D eigenvalue weighted by atomic mass is 10.0. The maximum atomic E-state index is 12.9. The minimum absolute atomic E-state index is 0.0101. The van der Waals surface area contributed by atoms with Gasteiger partial charge >= 0.3 is 0 Å². The Labute approximate surface area is 392 Å². The van der Waals surface area contributed by atoms with Crippen molar-refractivity contribution in [1.29, 1.82) is 0 Å². The number of aliphatic hydroxyl groups excluding tert-OH is 1. The molecule has 0 aromatic carbocycles. The maximum Gasteiger partial charge on any atom is 0.268 e. The van der Waals surface area contributed by atoms with Crippen LogP contribution in [-0.4, -0.2) is 68.5 Å². The summed E-state index contributed by atoms with van der Waals surface area (Å²) in [6.07, 6.45) is 56.4. The van der Waals surface area contributed by atoms with E-state index in [9.17, 15) is 19.4 Å². The van der Waals surface area contributed by atoms with Crippen LogP contribution in [-0.2, 0) is 18.4 Å². The Morgan fingerprint density at radius 2 is 0.937 bits per heavy atom. The second-order valence-corrected chi connectivity index (χ2v) is 21.4. The first kappa shape index (κ1) is 62.0. The van der Waals surface area contributed by atoms with Crippen LogP contribution in [0.4, 0.5) is 0 Å². The number of nitrogens with one attached hydrogen (secondary N) is 1. The molecular formula is C54H107N2O6P. The van der Waals surface area contributed by atoms with Gasteiger partial charge in [0.05, 0.1) is 39.9 Å². The van der Waals surface area contributed by atoms with Gasteiger partial charge in [-0.2, -0.15) is 0 Å². The van der Waals surface area contributed by atoms with E-state index in [1.165, 1.54) is 173 Å². The number of hydrogen-bond donors (Lipinski definition) is 2. The fourth-order valence-electron chi connectivity index (χ4n) is 8.12. The topological polar surface area (TPSA) is 108 Å². The maximum absolute atomic E-state index is 12.9. The largest absolute Gasteiger partial charge is 0.756 e. The van der Waals surface area contributed by atoms with Gasteiger partial charge in [-0.1, -0.05) is 244 Å². The number of allylic oxidation sites excluding steroid dienone is 4. The molecule has 0 radical (unpaired) electrons. The monoisotopic (exact) mass is 911 g/mol. The Morgan fingerprint density at radius 3 is 1.37 bits per heavy atom. The molecule has 9 heteroatoms. The van der Waals surface area contributed by atoms with Crippen molar-refractivity contribution in [2.45, 2.75) is 276 Å². The Kier molecular flexibility index (Phi) is 45.4. The van der Waals surface area contributed by atoms with E-state index in [4.69, 9.17) is 9.05 Å². The Hall–Kier alpha value is -1.02. The summed E-state index contributed by atoms with van der Waals surface area (Å²) in [6, 6.07) is -0.806. The fraction of sp³-hybridized carbons (Fsp3) is 0.907. The molecule has 0 spiro atoms. The fourth-order valence-corrected chi connectivity index (χ4v) is 8.84. The smallest absolute Gasteiger partial charge is 0.268 e. The number of likely N-dealkylation sites (N-methyl/N-ethyl adjacent to an activating group) is 1. The summed E-state index contributed by atoms with van der Waals surface area (Å²) in [5, 5.41) is 14.0. The van der Waals surface area contributed by atoms with Crippen LogP contribution in [0.25, 0.3) is 0 Å². The summed E-state index contributed by atoms with van der Waals surface area (Å²) >= 11 is 0. The van der Waals surface area contributed by atoms with Crippen LogP contribution < -0.4 is 10.2 Å². The van der Waals surface area contributed by atoms with Crippen molar-refractivity contribution in [3.05, 3.63) is 24.3 Å². The molecule has 2 N–H and O–H groups in total. The van der Waals surface area contributed by atoms with Gasteiger partial charge in [-0.15, -0.1) is 0 Å². The van der Waals surface area contributed by atoms with Gasteiger partial charge in [0.25, 0.3) is 7.82 Å². The van der Waals surface area contributed by atoms with Crippen molar-refractivity contribution in [3.8, 4) is 0 Å². The van der Waals surface area contributed by atoms with Gasteiger partial charge in [0.2, 0.25) is 5.91 Å². The number of rotatable bonds is 50. The third-order valence-electron chi connectivity index (χ3n) is 12.4. The molecule has 0 aromatic heterocycles. The lowest BCUT2D eigenvalue weighted by molar-refractivity contribution is -0.870. The summed E-state index contributed by atoms with van der Waals surface area (Å²) in [6.45, 7) is 4.69. The number of phosphoric acid groups is 1. The minimum Gasteiger partial charge on any atom is -0.756 e. The number of hydrogen-bond acceptors (Lipinski definition) is 6. The number of aliphatic hydroxyl groups is 1. The zero-order chi connectivity index (χ0) is 46.4. The summed E-state index contributed by atoms with van der Waals surface area (Å²) in [5.74, 6) is -0.176. The highest BCUT2D eigenvalue weighted by Crippen LogP contribution is 2.38. The van der Waals surface area contributed by atoms with Gasteiger partial charge < -0.3 is 28.8 Å². The Balaban J connectivity index is 4.11. The first-order valence-electron chi connectivity index (χ1n) is 27.2. The van der Waals surface area contributed by atoms with Crippen LogP contribution in [0.3, 0.4) is 0 Å². The Morgan fingerprint density at radius 1 is 0.556 bits per heavy atom. The molecule has 3 atom stereocenters. The lowest BCUT2D eigenvalue weighted by Gasteiger charge is -2.30. The zero-order valence-electron chi connectivity index (χ0n) is 42.5. The average molecular weight is 911 g/mol. The van der Waals surface area contributed by atoms with Crippen LogP contribution >= 0.6 is 7.82 Å². The second-order valence-electron chi connectivity index (χ2n) is 19.9. The van der Waals surface area contributed by atoms with Crippen LogP contribution in [0.2, 0.25) is 0 Å². The van der Waals surface area contributed by atoms with E-state index in [0.29, 0.717) is 23.9 Å². The molecule has 0 aromatic rings. The summed E-state index contributed by atoms with van der Waals surface area (Å²) in [7, 11) is 1.30. The summed E-state index contributed by atoms with van der Waals surface area (Å²) in [5.41, 5.74) is 0. The van der Waals surface area contributed by atoms with Crippen molar-refractivity contribution in [2.24, 2.45) is 0 Å². The third-order valence-corrected chi connectivity index (χ3v) is 13.4. The van der Waals surface area contributed by atoms with Gasteiger partial charge in [-0.05, 0) is 38.5 Å². The zero-order valence-corrected chi connectivity index (χ0v) is 43.4. The first-order valence-corrected chi connectivity index (χ1v) is 28.6. The van der Waals surface area contributed by atoms with Gasteiger partial charge in [-0.3, -0.25) is 9.36 Å². The molecule has 1 amide bonds. The predicted molar refractivity (Wildman–Crippen MR) is 270 cm³/mol. The van der Waals surface area contributed by atoms with Gasteiger partial charge in [0, 0.05) is 6.42 Å². The summed E-state index contributed by atoms with van der Waals surface area (Å²) in [4.78, 5) is 25.4. The molecule has 374 valence electrons. The lowest BCUT2D eigenvalue weighted by Crippen LogP contribution is -2.46. The standard InChI is InChI=1S/C54H107N2O6P/c1-6-8-10-12-14-16-18-20-22-23-24-25-26-27-28-29-30-31-32-33-34-35-37-39-41-43-45-47-53(57)52(51-62-63(59,60)61-50-49-56(3,4)5)55-54(58)48-46-44-42-40-38-36-21-19-17-15-13-11-9-7-2/h13,15,19,21,52-53,57H,6-12,14,16-18,20,22-51H2,1-5H3,(H-,55,58,59,60)/b15-13-,21-19-. The third kappa shape index (κ3) is 48.7. The number of quaternary nitrogens is 1. The number of amides is 1. The summed E-state index contributed by atoms with van der Waals surface area (Å²) < 4.78 is 23.4. The van der Waals surface area contributed by atoms with E-state index in [-0.39, 0.29) is 19.1 Å². The van der Waals surface area contributed by atoms with Crippen LogP contribution in [0, 0.1) is 0 Å². The molecule has 0 fully saturated rings. The SMILES string of the molecule is CCCC/C=C\C/C=C\CCCCCCCC(=O)NC(COP(=O)([O-])OCC[N+](C)(C)C)C(O)CCCCCCCCCCCCCCCCCCCCCCCCCCCCC. The van der Waals surface area contributed by atoms with Crippen molar-refractivity contribution >= 4 is 13.7 Å². The number of carbonyl (C=O) groups excluding carboxylic acids is 1. The van der Waals surface area contributed by atoms with Gasteiger partial charge in [0.1, 0.15) is 13.2 Å². The highest BCUT2D eigenvalue weighted by atomic mass is 31.2. The van der Waals surface area contributed by atoms with Crippen molar-refractivity contribution < 1.29 is 32.9 Å². The molecule has 0 aliphatic heterocycles.